The highest BCUT2D eigenvalue weighted by Gasteiger charge is 2.22. The van der Waals surface area contributed by atoms with Gasteiger partial charge in [-0.3, -0.25) is 10.1 Å². The van der Waals surface area contributed by atoms with E-state index in [-0.39, 0.29) is 5.91 Å². The van der Waals surface area contributed by atoms with E-state index in [2.05, 4.69) is 39.5 Å². The van der Waals surface area contributed by atoms with Crippen molar-refractivity contribution in [2.75, 3.05) is 42.9 Å². The second kappa shape index (κ2) is 8.73. The topological polar surface area (TPSA) is 49.7 Å². The number of hydrogen-bond donors (Lipinski definition) is 2. The van der Waals surface area contributed by atoms with Crippen LogP contribution in [0.4, 0.5) is 10.8 Å². The van der Waals surface area contributed by atoms with Crippen LogP contribution in [0.5, 0.6) is 0 Å². The molecule has 7 heteroatoms. The second-order valence-electron chi connectivity index (χ2n) is 6.84. The Morgan fingerprint density at radius 1 is 1.11 bits per heavy atom. The van der Waals surface area contributed by atoms with Crippen LogP contribution in [-0.4, -0.2) is 43.6 Å². The summed E-state index contributed by atoms with van der Waals surface area (Å²) in [5.74, 6) is 0.0140. The molecule has 0 radical (unpaired) electrons. The third kappa shape index (κ3) is 4.70. The number of aromatic nitrogens is 1. The van der Waals surface area contributed by atoms with Crippen LogP contribution < -0.4 is 15.1 Å². The fourth-order valence-corrected chi connectivity index (χ4v) is 4.23. The van der Waals surface area contributed by atoms with E-state index >= 15 is 0 Å². The van der Waals surface area contributed by atoms with Gasteiger partial charge >= 0.3 is 0 Å². The lowest BCUT2D eigenvalue weighted by atomic mass is 10.2. The number of quaternary nitrogens is 1. The van der Waals surface area contributed by atoms with E-state index in [4.69, 9.17) is 11.6 Å². The number of anilines is 2. The van der Waals surface area contributed by atoms with Gasteiger partial charge in [-0.1, -0.05) is 41.9 Å². The van der Waals surface area contributed by atoms with Gasteiger partial charge in [-0.25, -0.2) is 4.98 Å². The van der Waals surface area contributed by atoms with Crippen LogP contribution in [0.2, 0.25) is 5.02 Å². The Morgan fingerprint density at radius 3 is 2.54 bits per heavy atom. The average molecular weight is 414 g/mol. The maximum Gasteiger partial charge on any atom is 0.281 e. The van der Waals surface area contributed by atoms with Crippen LogP contribution in [0.1, 0.15) is 0 Å². The van der Waals surface area contributed by atoms with E-state index < -0.39 is 0 Å². The lowest BCUT2D eigenvalue weighted by molar-refractivity contribution is -0.892. The molecule has 1 fully saturated rings. The van der Waals surface area contributed by atoms with Crippen molar-refractivity contribution in [1.82, 2.24) is 4.98 Å². The lowest BCUT2D eigenvalue weighted by Crippen LogP contribution is -3.15. The second-order valence-corrected chi connectivity index (χ2v) is 8.14. The standard InChI is InChI=1S/C21H21ClN4OS/c22-17-8-6-16(7-9-17)19-15-28-21(23-19)24-20(27)14-25-10-12-26(13-11-25)18-4-2-1-3-5-18/h1-9,15H,10-14H2,(H,23,24,27)/p+1. The number of nitrogens with one attached hydrogen (secondary N) is 2. The Kier molecular flexibility index (Phi) is 5.90. The van der Waals surface area contributed by atoms with E-state index in [0.717, 1.165) is 37.4 Å². The van der Waals surface area contributed by atoms with E-state index in [1.165, 1.54) is 21.9 Å². The third-order valence-corrected chi connectivity index (χ3v) is 5.90. The van der Waals surface area contributed by atoms with Crippen molar-refractivity contribution in [3.05, 3.63) is 65.0 Å². The van der Waals surface area contributed by atoms with E-state index in [0.29, 0.717) is 16.7 Å². The molecule has 0 spiro atoms. The number of carbonyl (C=O) groups excluding carboxylic acids is 1. The molecule has 5 nitrogen and oxygen atoms in total. The molecular formula is C21H22ClN4OS+. The molecule has 1 amide bonds. The smallest absolute Gasteiger partial charge is 0.281 e. The number of nitrogens with zero attached hydrogens (tertiary/aromatic N) is 2. The number of piperazine rings is 1. The number of hydrogen-bond acceptors (Lipinski definition) is 4. The number of amides is 1. The van der Waals surface area contributed by atoms with Gasteiger partial charge in [-0.05, 0) is 24.3 Å². The molecule has 1 aromatic heterocycles. The first-order chi connectivity index (χ1) is 13.7. The van der Waals surface area contributed by atoms with Gasteiger partial charge in [0.15, 0.2) is 11.7 Å². The monoisotopic (exact) mass is 413 g/mol. The van der Waals surface area contributed by atoms with Gasteiger partial charge in [0.05, 0.1) is 31.9 Å². The summed E-state index contributed by atoms with van der Waals surface area (Å²) in [5, 5.41) is 6.22. The van der Waals surface area contributed by atoms with Crippen LogP contribution in [0.3, 0.4) is 0 Å². The number of benzene rings is 2. The van der Waals surface area contributed by atoms with Crippen molar-refractivity contribution in [2.24, 2.45) is 0 Å². The first kappa shape index (κ1) is 18.9. The van der Waals surface area contributed by atoms with Gasteiger partial charge in [-0.15, -0.1) is 11.3 Å². The predicted octanol–water partition coefficient (Wildman–Crippen LogP) is 2.81. The Hall–Kier alpha value is -2.41. The zero-order chi connectivity index (χ0) is 19.3. The molecule has 1 aliphatic rings. The molecular weight excluding hydrogens is 392 g/mol. The minimum atomic E-state index is 0.0140. The van der Waals surface area contributed by atoms with E-state index in [1.807, 2.05) is 35.7 Å². The SMILES string of the molecule is O=C(C[NH+]1CCN(c2ccccc2)CC1)Nc1nc(-c2ccc(Cl)cc2)cs1. The van der Waals surface area contributed by atoms with Gasteiger partial charge < -0.3 is 9.80 Å². The zero-order valence-corrected chi connectivity index (χ0v) is 17.0. The molecule has 0 aliphatic carbocycles. The summed E-state index contributed by atoms with van der Waals surface area (Å²) in [4.78, 5) is 20.6. The van der Waals surface area contributed by atoms with Crippen LogP contribution >= 0.6 is 22.9 Å². The maximum absolute atomic E-state index is 12.4. The summed E-state index contributed by atoms with van der Waals surface area (Å²) in [6, 6.07) is 18.0. The molecule has 0 bridgehead atoms. The van der Waals surface area contributed by atoms with Gasteiger partial charge in [0.1, 0.15) is 0 Å². The van der Waals surface area contributed by atoms with Gasteiger partial charge in [0.2, 0.25) is 0 Å². The highest BCUT2D eigenvalue weighted by Crippen LogP contribution is 2.25. The van der Waals surface area contributed by atoms with E-state index in [1.54, 1.807) is 0 Å². The Labute approximate surface area is 173 Å². The Balaban J connectivity index is 1.28. The van der Waals surface area contributed by atoms with Gasteiger partial charge in [0.25, 0.3) is 5.91 Å². The van der Waals surface area contributed by atoms with Crippen LogP contribution in [0.25, 0.3) is 11.3 Å². The predicted molar refractivity (Wildman–Crippen MR) is 115 cm³/mol. The quantitative estimate of drug-likeness (QED) is 0.676. The molecule has 0 saturated carbocycles. The number of carbonyl (C=O) groups is 1. The van der Waals surface area contributed by atoms with Crippen LogP contribution in [0, 0.1) is 0 Å². The Morgan fingerprint density at radius 2 is 1.82 bits per heavy atom. The zero-order valence-electron chi connectivity index (χ0n) is 15.4. The summed E-state index contributed by atoms with van der Waals surface area (Å²) in [6.45, 7) is 4.31. The number of halogens is 1. The van der Waals surface area contributed by atoms with E-state index in [9.17, 15) is 4.79 Å². The van der Waals surface area contributed by atoms with Crippen LogP contribution in [-0.2, 0) is 4.79 Å². The number of rotatable bonds is 5. The molecule has 0 atom stereocenters. The first-order valence-corrected chi connectivity index (χ1v) is 10.6. The van der Waals surface area contributed by atoms with Crippen molar-refractivity contribution in [1.29, 1.82) is 0 Å². The summed E-state index contributed by atoms with van der Waals surface area (Å²) in [6.07, 6.45) is 0. The summed E-state index contributed by atoms with van der Waals surface area (Å²) < 4.78 is 0. The highest BCUT2D eigenvalue weighted by molar-refractivity contribution is 7.14. The first-order valence-electron chi connectivity index (χ1n) is 9.32. The third-order valence-electron chi connectivity index (χ3n) is 4.89. The molecule has 2 aromatic carbocycles. The summed E-state index contributed by atoms with van der Waals surface area (Å²) >= 11 is 7.37. The van der Waals surface area contributed by atoms with Crippen molar-refractivity contribution in [2.45, 2.75) is 0 Å². The molecule has 1 aliphatic heterocycles. The average Bonchev–Trinajstić information content (AvgIpc) is 3.18. The lowest BCUT2D eigenvalue weighted by Gasteiger charge is -2.33. The largest absolute Gasteiger partial charge is 0.360 e. The summed E-state index contributed by atoms with van der Waals surface area (Å²) in [5.41, 5.74) is 3.09. The fourth-order valence-electron chi connectivity index (χ4n) is 3.37. The minimum Gasteiger partial charge on any atom is -0.360 e. The van der Waals surface area contributed by atoms with Crippen molar-refractivity contribution in [3.63, 3.8) is 0 Å². The highest BCUT2D eigenvalue weighted by atomic mass is 35.5. The maximum atomic E-state index is 12.4. The molecule has 2 N–H and O–H groups in total. The fraction of sp³-hybridized carbons (Fsp3) is 0.238. The number of para-hydroxylation sites is 1. The molecule has 28 heavy (non-hydrogen) atoms. The van der Waals surface area contributed by atoms with Crippen LogP contribution in [0.15, 0.2) is 60.0 Å². The van der Waals surface area contributed by atoms with Crippen molar-refractivity contribution >= 4 is 39.7 Å². The van der Waals surface area contributed by atoms with Crippen molar-refractivity contribution in [3.8, 4) is 11.3 Å². The molecule has 144 valence electrons. The molecule has 0 unspecified atom stereocenters. The number of thiazole rings is 1. The normalized spacial score (nSPS) is 14.8. The van der Waals surface area contributed by atoms with Crippen molar-refractivity contribution < 1.29 is 9.69 Å². The minimum absolute atomic E-state index is 0.0140. The van der Waals surface area contributed by atoms with Gasteiger partial charge in [0, 0.05) is 21.7 Å². The molecule has 1 saturated heterocycles. The molecule has 2 heterocycles. The van der Waals surface area contributed by atoms with Gasteiger partial charge in [-0.2, -0.15) is 0 Å². The molecule has 3 aromatic rings. The molecule has 4 rings (SSSR count). The summed E-state index contributed by atoms with van der Waals surface area (Å²) in [7, 11) is 0. The Bertz CT molecular complexity index is 921.